The topological polar surface area (TPSA) is 82.1 Å². The number of fused-ring (bicyclic) bond motifs is 1. The molecule has 9 heteroatoms. The molecule has 24 heavy (non-hydrogen) atoms. The molecule has 0 radical (unpaired) electrons. The van der Waals surface area contributed by atoms with Crippen LogP contribution in [0.1, 0.15) is 34.6 Å². The van der Waals surface area contributed by atoms with Crippen LogP contribution >= 0.6 is 27.7 Å². The number of methoxy groups -OCH3 is 1. The summed E-state index contributed by atoms with van der Waals surface area (Å²) in [5, 5.41) is -0.320. The lowest BCUT2D eigenvalue weighted by Crippen LogP contribution is -2.71. The molecule has 0 N–H and O–H groups in total. The maximum absolute atomic E-state index is 12.5. The Kier molecular flexibility index (Phi) is 5.02. The fraction of sp³-hybridized carbons (Fsp3) is 0.800. The zero-order chi connectivity index (χ0) is 18.5. The van der Waals surface area contributed by atoms with Crippen LogP contribution in [0.3, 0.4) is 0 Å². The molecule has 2 rings (SSSR count). The van der Waals surface area contributed by atoms with E-state index in [1.807, 2.05) is 13.8 Å². The molecule has 3 atom stereocenters. The number of amides is 1. The normalized spacial score (nSPS) is 31.3. The van der Waals surface area contributed by atoms with E-state index in [1.165, 1.54) is 23.8 Å². The van der Waals surface area contributed by atoms with Gasteiger partial charge < -0.3 is 19.1 Å². The van der Waals surface area contributed by atoms with E-state index >= 15 is 0 Å². The number of thioether (sulfide) groups is 1. The van der Waals surface area contributed by atoms with Gasteiger partial charge in [-0.2, -0.15) is 0 Å². The van der Waals surface area contributed by atoms with Crippen LogP contribution < -0.4 is 0 Å². The number of hydrogen-bond acceptors (Lipinski definition) is 7. The van der Waals surface area contributed by atoms with Crippen molar-refractivity contribution < 1.29 is 28.6 Å². The molecule has 0 bridgehead atoms. The summed E-state index contributed by atoms with van der Waals surface area (Å²) >= 11 is 4.76. The molecule has 0 aromatic heterocycles. The van der Waals surface area contributed by atoms with Crippen LogP contribution in [0, 0.1) is 5.41 Å². The Bertz CT molecular complexity index is 575. The van der Waals surface area contributed by atoms with Crippen molar-refractivity contribution in [3.05, 3.63) is 0 Å². The number of carbonyl (C=O) groups excluding carboxylic acids is 3. The summed E-state index contributed by atoms with van der Waals surface area (Å²) in [7, 11) is 1.44. The number of rotatable bonds is 4. The van der Waals surface area contributed by atoms with E-state index in [9.17, 15) is 14.4 Å². The van der Waals surface area contributed by atoms with E-state index in [-0.39, 0.29) is 11.3 Å². The van der Waals surface area contributed by atoms with Crippen molar-refractivity contribution >= 4 is 45.5 Å². The second-order valence-corrected chi connectivity index (χ2v) is 10.2. The smallest absolute Gasteiger partial charge is 0.333 e. The summed E-state index contributed by atoms with van der Waals surface area (Å²) in [5.74, 6) is -1.38. The number of carbonyl (C=O) groups is 3. The number of esters is 2. The van der Waals surface area contributed by atoms with Gasteiger partial charge in [0.05, 0.1) is 5.41 Å². The number of β-lactam (4-membered cyclic amide) rings is 1. The van der Waals surface area contributed by atoms with E-state index < -0.39 is 39.4 Å². The molecule has 0 aromatic rings. The third-order valence-electron chi connectivity index (χ3n) is 3.97. The molecule has 0 aromatic carbocycles. The zero-order valence-electron chi connectivity index (χ0n) is 14.5. The Hall–Kier alpha value is -0.800. The SMILES string of the molecule is CO[C@]1(Br)C(=O)N2[C@@H](C(=O)OCOC(=O)C(C)(C)C)C(C)(C)S[C@@H]21. The van der Waals surface area contributed by atoms with E-state index in [4.69, 9.17) is 14.2 Å². The van der Waals surface area contributed by atoms with Crippen molar-refractivity contribution in [3.8, 4) is 0 Å². The second-order valence-electron chi connectivity index (χ2n) is 7.30. The second kappa shape index (κ2) is 6.17. The molecule has 136 valence electrons. The van der Waals surface area contributed by atoms with Crippen LogP contribution in [0.2, 0.25) is 0 Å². The standard InChI is InChI=1S/C15H22BrNO6S/c1-13(2,3)12(20)23-7-22-9(18)8-14(4,5)24-11-15(16,21-6)10(19)17(8)11/h8,11H,7H2,1-6H3/t8-,11+,15+/m0/s1. The van der Waals surface area contributed by atoms with Crippen molar-refractivity contribution in [2.45, 2.75) is 55.3 Å². The third-order valence-corrected chi connectivity index (χ3v) is 6.99. The van der Waals surface area contributed by atoms with Gasteiger partial charge in [-0.05, 0) is 50.5 Å². The highest BCUT2D eigenvalue weighted by molar-refractivity contribution is 9.10. The molecule has 0 aliphatic carbocycles. The first kappa shape index (κ1) is 19.5. The molecule has 2 heterocycles. The van der Waals surface area contributed by atoms with Gasteiger partial charge >= 0.3 is 11.9 Å². The Morgan fingerprint density at radius 1 is 1.29 bits per heavy atom. The molecule has 1 amide bonds. The van der Waals surface area contributed by atoms with Crippen LogP contribution in [0.4, 0.5) is 0 Å². The molecule has 7 nitrogen and oxygen atoms in total. The van der Waals surface area contributed by atoms with Gasteiger partial charge in [-0.15, -0.1) is 11.8 Å². The first-order chi connectivity index (χ1) is 10.9. The van der Waals surface area contributed by atoms with Crippen molar-refractivity contribution in [1.29, 1.82) is 0 Å². The molecule has 0 saturated carbocycles. The molecule has 2 fully saturated rings. The van der Waals surface area contributed by atoms with Gasteiger partial charge in [0.1, 0.15) is 11.4 Å². The highest BCUT2D eigenvalue weighted by atomic mass is 79.9. The minimum absolute atomic E-state index is 0.318. The van der Waals surface area contributed by atoms with Gasteiger partial charge in [0, 0.05) is 11.9 Å². The van der Waals surface area contributed by atoms with Gasteiger partial charge in [0.15, 0.2) is 0 Å². The maximum Gasteiger partial charge on any atom is 0.333 e. The summed E-state index contributed by atoms with van der Waals surface area (Å²) < 4.78 is 13.6. The molecule has 0 spiro atoms. The van der Waals surface area contributed by atoms with Gasteiger partial charge in [-0.1, -0.05) is 0 Å². The Balaban J connectivity index is 2.02. The van der Waals surface area contributed by atoms with Crippen molar-refractivity contribution in [3.63, 3.8) is 0 Å². The zero-order valence-corrected chi connectivity index (χ0v) is 16.9. The van der Waals surface area contributed by atoms with Crippen molar-refractivity contribution in [1.82, 2.24) is 4.90 Å². The number of alkyl halides is 1. The van der Waals surface area contributed by atoms with E-state index in [1.54, 1.807) is 20.8 Å². The fourth-order valence-electron chi connectivity index (χ4n) is 2.60. The quantitative estimate of drug-likeness (QED) is 0.295. The summed E-state index contributed by atoms with van der Waals surface area (Å²) in [6.45, 7) is 8.37. The summed E-state index contributed by atoms with van der Waals surface area (Å²) in [6.07, 6.45) is 0. The lowest BCUT2D eigenvalue weighted by atomic mass is 9.97. The summed E-state index contributed by atoms with van der Waals surface area (Å²) in [6, 6.07) is -0.769. The lowest BCUT2D eigenvalue weighted by molar-refractivity contribution is -0.186. The third kappa shape index (κ3) is 3.06. The monoisotopic (exact) mass is 423 g/mol. The predicted octanol–water partition coefficient (Wildman–Crippen LogP) is 1.88. The molecule has 2 aliphatic heterocycles. The minimum Gasteiger partial charge on any atom is -0.427 e. The Labute approximate surface area is 153 Å². The van der Waals surface area contributed by atoms with Gasteiger partial charge in [-0.3, -0.25) is 9.59 Å². The fourth-order valence-corrected chi connectivity index (χ4v) is 4.89. The van der Waals surface area contributed by atoms with Crippen molar-refractivity contribution in [2.75, 3.05) is 13.9 Å². The highest BCUT2D eigenvalue weighted by Gasteiger charge is 2.71. The van der Waals surface area contributed by atoms with E-state index in [0.717, 1.165) is 0 Å². The Morgan fingerprint density at radius 2 is 1.88 bits per heavy atom. The minimum atomic E-state index is -1.11. The Morgan fingerprint density at radius 3 is 2.38 bits per heavy atom. The van der Waals surface area contributed by atoms with Crippen LogP contribution in [-0.4, -0.2) is 57.3 Å². The molecular formula is C15H22BrNO6S. The number of ether oxygens (including phenoxy) is 3. The average Bonchev–Trinajstić information content (AvgIpc) is 2.74. The molecule has 0 unspecified atom stereocenters. The highest BCUT2D eigenvalue weighted by Crippen LogP contribution is 2.58. The first-order valence-electron chi connectivity index (χ1n) is 7.45. The van der Waals surface area contributed by atoms with Crippen LogP contribution in [0.15, 0.2) is 0 Å². The van der Waals surface area contributed by atoms with E-state index in [0.29, 0.717) is 0 Å². The largest absolute Gasteiger partial charge is 0.427 e. The van der Waals surface area contributed by atoms with Crippen LogP contribution in [0.5, 0.6) is 0 Å². The van der Waals surface area contributed by atoms with Gasteiger partial charge in [0.2, 0.25) is 11.3 Å². The molecule has 2 aliphatic rings. The number of hydrogen-bond donors (Lipinski definition) is 0. The van der Waals surface area contributed by atoms with Crippen LogP contribution in [0.25, 0.3) is 0 Å². The average molecular weight is 424 g/mol. The van der Waals surface area contributed by atoms with Crippen molar-refractivity contribution in [2.24, 2.45) is 5.41 Å². The number of halogens is 1. The predicted molar refractivity (Wildman–Crippen MR) is 91.3 cm³/mol. The summed E-state index contributed by atoms with van der Waals surface area (Å²) in [5.41, 5.74) is -0.679. The number of nitrogens with zero attached hydrogens (tertiary/aromatic N) is 1. The summed E-state index contributed by atoms with van der Waals surface area (Å²) in [4.78, 5) is 38.0. The van der Waals surface area contributed by atoms with E-state index in [2.05, 4.69) is 15.9 Å². The van der Waals surface area contributed by atoms with Gasteiger partial charge in [0.25, 0.3) is 5.91 Å². The lowest BCUT2D eigenvalue weighted by Gasteiger charge is -2.48. The van der Waals surface area contributed by atoms with Gasteiger partial charge in [-0.25, -0.2) is 4.79 Å². The molecular weight excluding hydrogens is 402 g/mol. The van der Waals surface area contributed by atoms with Crippen LogP contribution in [-0.2, 0) is 28.6 Å². The molecule has 2 saturated heterocycles. The maximum atomic E-state index is 12.5. The first-order valence-corrected chi connectivity index (χ1v) is 9.12.